The quantitative estimate of drug-likeness (QED) is 0.847. The molecule has 21 heavy (non-hydrogen) atoms. The van der Waals surface area contributed by atoms with Gasteiger partial charge in [-0.1, -0.05) is 13.3 Å². The van der Waals surface area contributed by atoms with Crippen LogP contribution in [0.1, 0.15) is 45.4 Å². The van der Waals surface area contributed by atoms with E-state index in [1.54, 1.807) is 4.31 Å². The van der Waals surface area contributed by atoms with Crippen molar-refractivity contribution in [3.63, 3.8) is 0 Å². The molecule has 0 aromatic rings. The highest BCUT2D eigenvalue weighted by Gasteiger charge is 2.33. The van der Waals surface area contributed by atoms with Crippen molar-refractivity contribution in [2.75, 3.05) is 32.9 Å². The number of sulfonamides is 1. The Morgan fingerprint density at radius 2 is 1.95 bits per heavy atom. The summed E-state index contributed by atoms with van der Waals surface area (Å²) in [7, 11) is -0.970. The number of hydrogen-bond acceptors (Lipinski definition) is 3. The van der Waals surface area contributed by atoms with Crippen LogP contribution in [-0.2, 0) is 10.0 Å². The summed E-state index contributed by atoms with van der Waals surface area (Å²) in [6, 6.07) is 0. The molecule has 1 saturated carbocycles. The van der Waals surface area contributed by atoms with Gasteiger partial charge in [0.25, 0.3) is 0 Å². The maximum Gasteiger partial charge on any atom is 0.211 e. The van der Waals surface area contributed by atoms with E-state index in [4.69, 9.17) is 0 Å². The molecule has 2 aliphatic rings. The lowest BCUT2D eigenvalue weighted by atomic mass is 9.70. The summed E-state index contributed by atoms with van der Waals surface area (Å²) in [6.45, 7) is 4.94. The minimum absolute atomic E-state index is 0.558. The van der Waals surface area contributed by atoms with Gasteiger partial charge in [-0.3, -0.25) is 0 Å². The summed E-state index contributed by atoms with van der Waals surface area (Å²) in [5.74, 6) is 2.94. The van der Waals surface area contributed by atoms with E-state index >= 15 is 0 Å². The molecule has 0 spiro atoms. The number of nitrogens with zero attached hydrogens (tertiary/aromatic N) is 1. The van der Waals surface area contributed by atoms with Gasteiger partial charge in [-0.2, -0.15) is 0 Å². The second-order valence-electron chi connectivity index (χ2n) is 7.36. The van der Waals surface area contributed by atoms with Gasteiger partial charge in [0, 0.05) is 13.1 Å². The molecule has 0 aromatic carbocycles. The molecule has 0 radical (unpaired) electrons. The minimum atomic E-state index is -3.01. The molecule has 0 bridgehead atoms. The van der Waals surface area contributed by atoms with Gasteiger partial charge < -0.3 is 5.32 Å². The molecule has 1 heterocycles. The van der Waals surface area contributed by atoms with Crippen LogP contribution in [0.4, 0.5) is 0 Å². The average Bonchev–Trinajstić information content (AvgIpc) is 2.41. The van der Waals surface area contributed by atoms with Crippen LogP contribution < -0.4 is 5.32 Å². The Morgan fingerprint density at radius 3 is 2.62 bits per heavy atom. The third-order valence-electron chi connectivity index (χ3n) is 5.46. The summed E-state index contributed by atoms with van der Waals surface area (Å²) in [5, 5.41) is 3.35. The summed E-state index contributed by atoms with van der Waals surface area (Å²) < 4.78 is 25.2. The van der Waals surface area contributed by atoms with E-state index < -0.39 is 10.0 Å². The van der Waals surface area contributed by atoms with E-state index in [1.165, 1.54) is 38.4 Å². The zero-order valence-corrected chi connectivity index (χ0v) is 14.7. The fourth-order valence-electron chi connectivity index (χ4n) is 4.33. The second-order valence-corrected chi connectivity index (χ2v) is 9.34. The lowest BCUT2D eigenvalue weighted by molar-refractivity contribution is 0.135. The van der Waals surface area contributed by atoms with E-state index in [0.29, 0.717) is 5.92 Å². The third-order valence-corrected chi connectivity index (χ3v) is 6.72. The molecule has 4 nitrogen and oxygen atoms in total. The summed E-state index contributed by atoms with van der Waals surface area (Å²) in [4.78, 5) is 0. The fourth-order valence-corrected chi connectivity index (χ4v) is 5.27. The first-order valence-electron chi connectivity index (χ1n) is 8.50. The second kappa shape index (κ2) is 7.42. The lowest BCUT2D eigenvalue weighted by Crippen LogP contribution is -2.41. The van der Waals surface area contributed by atoms with E-state index in [2.05, 4.69) is 12.2 Å². The fraction of sp³-hybridized carbons (Fsp3) is 1.00. The van der Waals surface area contributed by atoms with E-state index in [9.17, 15) is 8.42 Å². The largest absolute Gasteiger partial charge is 0.319 e. The first kappa shape index (κ1) is 17.2. The smallest absolute Gasteiger partial charge is 0.211 e. The van der Waals surface area contributed by atoms with Crippen LogP contribution in [0.15, 0.2) is 0 Å². The van der Waals surface area contributed by atoms with E-state index in [1.807, 2.05) is 7.05 Å². The molecule has 4 unspecified atom stereocenters. The van der Waals surface area contributed by atoms with Crippen LogP contribution in [0.5, 0.6) is 0 Å². The van der Waals surface area contributed by atoms with Crippen LogP contribution in [0, 0.1) is 23.7 Å². The zero-order chi connectivity index (χ0) is 15.5. The molecule has 0 amide bonds. The normalized spacial score (nSPS) is 35.8. The molecule has 2 fully saturated rings. The number of piperidine rings is 1. The maximum atomic E-state index is 11.8. The van der Waals surface area contributed by atoms with Gasteiger partial charge in [0.1, 0.15) is 0 Å². The number of rotatable bonds is 5. The Labute approximate surface area is 130 Å². The van der Waals surface area contributed by atoms with Crippen LogP contribution >= 0.6 is 0 Å². The first-order chi connectivity index (χ1) is 9.90. The molecule has 4 atom stereocenters. The van der Waals surface area contributed by atoms with Gasteiger partial charge in [0.2, 0.25) is 10.0 Å². The molecule has 124 valence electrons. The molecular formula is C16H32N2O2S. The van der Waals surface area contributed by atoms with Gasteiger partial charge in [-0.15, -0.1) is 0 Å². The van der Waals surface area contributed by atoms with E-state index in [-0.39, 0.29) is 0 Å². The van der Waals surface area contributed by atoms with Gasteiger partial charge in [0.05, 0.1) is 6.26 Å². The average molecular weight is 317 g/mol. The van der Waals surface area contributed by atoms with Crippen molar-refractivity contribution in [3.05, 3.63) is 0 Å². The molecule has 1 aliphatic carbocycles. The highest BCUT2D eigenvalue weighted by molar-refractivity contribution is 7.88. The van der Waals surface area contributed by atoms with Gasteiger partial charge in [-0.25, -0.2) is 12.7 Å². The molecule has 5 heteroatoms. The van der Waals surface area contributed by atoms with Crippen molar-refractivity contribution in [2.45, 2.75) is 45.4 Å². The Morgan fingerprint density at radius 1 is 1.19 bits per heavy atom. The highest BCUT2D eigenvalue weighted by atomic mass is 32.2. The first-order valence-corrected chi connectivity index (χ1v) is 10.3. The van der Waals surface area contributed by atoms with Crippen molar-refractivity contribution >= 4 is 10.0 Å². The van der Waals surface area contributed by atoms with E-state index in [0.717, 1.165) is 43.8 Å². The number of hydrogen-bond donors (Lipinski definition) is 1. The minimum Gasteiger partial charge on any atom is -0.319 e. The van der Waals surface area contributed by atoms with Crippen LogP contribution in [0.2, 0.25) is 0 Å². The molecule has 1 aliphatic heterocycles. The maximum absolute atomic E-state index is 11.8. The van der Waals surface area contributed by atoms with Crippen LogP contribution in [0.25, 0.3) is 0 Å². The molecular weight excluding hydrogens is 284 g/mol. The van der Waals surface area contributed by atoms with Gasteiger partial charge in [0.15, 0.2) is 0 Å². The molecule has 0 aromatic heterocycles. The number of nitrogens with one attached hydrogen (secondary N) is 1. The van der Waals surface area contributed by atoms with Crippen molar-refractivity contribution in [2.24, 2.45) is 23.7 Å². The Bertz CT molecular complexity index is 424. The Kier molecular flexibility index (Phi) is 6.09. The molecule has 2 rings (SSSR count). The van der Waals surface area contributed by atoms with Crippen molar-refractivity contribution < 1.29 is 8.42 Å². The third kappa shape index (κ3) is 4.93. The van der Waals surface area contributed by atoms with Gasteiger partial charge in [-0.05, 0) is 69.4 Å². The molecule has 1 N–H and O–H groups in total. The topological polar surface area (TPSA) is 49.4 Å². The predicted molar refractivity (Wildman–Crippen MR) is 87.7 cm³/mol. The van der Waals surface area contributed by atoms with Gasteiger partial charge >= 0.3 is 0 Å². The Balaban J connectivity index is 1.94. The predicted octanol–water partition coefficient (Wildman–Crippen LogP) is 2.32. The summed E-state index contributed by atoms with van der Waals surface area (Å²) in [5.41, 5.74) is 0. The van der Waals surface area contributed by atoms with Crippen molar-refractivity contribution in [1.82, 2.24) is 9.62 Å². The highest BCUT2D eigenvalue weighted by Crippen LogP contribution is 2.38. The summed E-state index contributed by atoms with van der Waals surface area (Å²) >= 11 is 0. The van der Waals surface area contributed by atoms with Crippen LogP contribution in [0.3, 0.4) is 0 Å². The standard InChI is InChI=1S/C16H32N2O2S/c1-13-6-7-15(11-17-2)16(9-13)10-14-5-4-8-18(12-14)21(3,19)20/h13-17H,4-12H2,1-3H3. The van der Waals surface area contributed by atoms with Crippen LogP contribution in [-0.4, -0.2) is 45.7 Å². The molecule has 1 saturated heterocycles. The monoisotopic (exact) mass is 316 g/mol. The van der Waals surface area contributed by atoms with Crippen molar-refractivity contribution in [1.29, 1.82) is 0 Å². The SMILES string of the molecule is CNCC1CCC(C)CC1CC1CCCN(S(C)(=O)=O)C1. The summed E-state index contributed by atoms with van der Waals surface area (Å²) in [6.07, 6.45) is 8.78. The zero-order valence-electron chi connectivity index (χ0n) is 13.8. The lowest BCUT2D eigenvalue weighted by Gasteiger charge is -2.39. The van der Waals surface area contributed by atoms with Crippen molar-refractivity contribution in [3.8, 4) is 0 Å². The Hall–Kier alpha value is -0.130.